The number of aliphatic hydroxyl groups is 1. The van der Waals surface area contributed by atoms with Crippen molar-refractivity contribution in [1.82, 2.24) is 15.5 Å². The van der Waals surface area contributed by atoms with E-state index < -0.39 is 6.10 Å². The molecule has 1 aromatic heterocycles. The van der Waals surface area contributed by atoms with Crippen molar-refractivity contribution in [3.63, 3.8) is 0 Å². The number of para-hydroxylation sites is 1. The zero-order chi connectivity index (χ0) is 17.5. The van der Waals surface area contributed by atoms with Crippen molar-refractivity contribution in [3.05, 3.63) is 48.2 Å². The van der Waals surface area contributed by atoms with Crippen LogP contribution in [-0.2, 0) is 0 Å². The smallest absolute Gasteiger partial charge is 0.151 e. The number of hydrogen-bond donors (Lipinski definition) is 2. The van der Waals surface area contributed by atoms with Crippen LogP contribution in [0.3, 0.4) is 0 Å². The van der Waals surface area contributed by atoms with Crippen molar-refractivity contribution in [2.45, 2.75) is 31.9 Å². The molecule has 1 aromatic carbocycles. The molecule has 134 valence electrons. The Morgan fingerprint density at radius 2 is 2.08 bits per heavy atom. The van der Waals surface area contributed by atoms with E-state index in [-0.39, 0.29) is 6.61 Å². The summed E-state index contributed by atoms with van der Waals surface area (Å²) in [7, 11) is 0. The van der Waals surface area contributed by atoms with Gasteiger partial charge in [0.25, 0.3) is 0 Å². The van der Waals surface area contributed by atoms with Crippen LogP contribution in [0.2, 0.25) is 0 Å². The zero-order valence-corrected chi connectivity index (χ0v) is 14.6. The lowest BCUT2D eigenvalue weighted by Crippen LogP contribution is -2.48. The summed E-state index contributed by atoms with van der Waals surface area (Å²) in [6.07, 6.45) is 1.67. The van der Waals surface area contributed by atoms with E-state index in [1.54, 1.807) is 0 Å². The summed E-state index contributed by atoms with van der Waals surface area (Å²) in [5.74, 6) is 1.70. The van der Waals surface area contributed by atoms with Gasteiger partial charge in [-0.2, -0.15) is 5.10 Å². The second-order valence-electron chi connectivity index (χ2n) is 6.50. The number of rotatable bonds is 7. The molecule has 0 spiro atoms. The van der Waals surface area contributed by atoms with Crippen LogP contribution < -0.4 is 15.0 Å². The summed E-state index contributed by atoms with van der Waals surface area (Å²) in [5, 5.41) is 22.0. The minimum absolute atomic E-state index is 0.289. The molecule has 0 saturated carbocycles. The van der Waals surface area contributed by atoms with Gasteiger partial charge in [0.15, 0.2) is 5.82 Å². The topological polar surface area (TPSA) is 70.5 Å². The highest BCUT2D eigenvalue weighted by Gasteiger charge is 2.21. The predicted molar refractivity (Wildman–Crippen MR) is 98.0 cm³/mol. The van der Waals surface area contributed by atoms with E-state index in [0.29, 0.717) is 12.6 Å². The van der Waals surface area contributed by atoms with Gasteiger partial charge in [-0.15, -0.1) is 5.10 Å². The molecule has 2 aromatic rings. The number of aliphatic hydroxyl groups excluding tert-OH is 1. The lowest BCUT2D eigenvalue weighted by atomic mass is 10.1. The first kappa shape index (κ1) is 17.6. The van der Waals surface area contributed by atoms with E-state index in [1.807, 2.05) is 49.4 Å². The molecule has 2 atom stereocenters. The third-order valence-corrected chi connectivity index (χ3v) is 4.36. The van der Waals surface area contributed by atoms with Gasteiger partial charge in [0.2, 0.25) is 0 Å². The molecule has 1 aliphatic heterocycles. The first-order chi connectivity index (χ1) is 12.2. The third kappa shape index (κ3) is 5.41. The summed E-state index contributed by atoms with van der Waals surface area (Å²) in [6.45, 7) is 4.62. The van der Waals surface area contributed by atoms with Gasteiger partial charge in [0, 0.05) is 25.7 Å². The molecule has 25 heavy (non-hydrogen) atoms. The Kier molecular flexibility index (Phi) is 6.19. The fourth-order valence-electron chi connectivity index (χ4n) is 2.98. The molecule has 2 N–H and O–H groups in total. The van der Waals surface area contributed by atoms with Gasteiger partial charge in [0.05, 0.1) is 5.69 Å². The highest BCUT2D eigenvalue weighted by atomic mass is 16.5. The van der Waals surface area contributed by atoms with Gasteiger partial charge in [-0.3, -0.25) is 0 Å². The largest absolute Gasteiger partial charge is 0.491 e. The van der Waals surface area contributed by atoms with Crippen LogP contribution in [0.15, 0.2) is 42.5 Å². The van der Waals surface area contributed by atoms with Crippen LogP contribution in [0, 0.1) is 6.92 Å². The van der Waals surface area contributed by atoms with E-state index in [0.717, 1.165) is 43.2 Å². The predicted octanol–water partition coefficient (Wildman–Crippen LogP) is 1.78. The second kappa shape index (κ2) is 8.78. The molecule has 6 heteroatoms. The molecule has 1 aliphatic rings. The van der Waals surface area contributed by atoms with E-state index in [2.05, 4.69) is 20.4 Å². The monoisotopic (exact) mass is 342 g/mol. The first-order valence-electron chi connectivity index (χ1n) is 8.85. The molecule has 0 bridgehead atoms. The molecule has 0 radical (unpaired) electrons. The first-order valence-corrected chi connectivity index (χ1v) is 8.85. The van der Waals surface area contributed by atoms with Gasteiger partial charge >= 0.3 is 0 Å². The second-order valence-corrected chi connectivity index (χ2v) is 6.50. The van der Waals surface area contributed by atoms with E-state index in [4.69, 9.17) is 4.74 Å². The number of aryl methyl sites for hydroxylation is 1. The van der Waals surface area contributed by atoms with Gasteiger partial charge in [-0.05, 0) is 44.0 Å². The molecule has 0 aliphatic carbocycles. The van der Waals surface area contributed by atoms with Crippen molar-refractivity contribution in [1.29, 1.82) is 0 Å². The summed E-state index contributed by atoms with van der Waals surface area (Å²) >= 11 is 0. The maximum absolute atomic E-state index is 10.1. The van der Waals surface area contributed by atoms with E-state index >= 15 is 0 Å². The van der Waals surface area contributed by atoms with Gasteiger partial charge in [0.1, 0.15) is 18.5 Å². The number of nitrogens with one attached hydrogen (secondary N) is 1. The van der Waals surface area contributed by atoms with Crippen LogP contribution >= 0.6 is 0 Å². The molecule has 1 saturated heterocycles. The molecule has 6 nitrogen and oxygen atoms in total. The zero-order valence-electron chi connectivity index (χ0n) is 14.6. The fourth-order valence-corrected chi connectivity index (χ4v) is 2.98. The Labute approximate surface area is 148 Å². The van der Waals surface area contributed by atoms with Gasteiger partial charge in [-0.25, -0.2) is 0 Å². The quantitative estimate of drug-likeness (QED) is 0.799. The SMILES string of the molecule is Cc1ccc(N2CCCC(NCC(O)COc3ccccc3)C2)nn1. The lowest BCUT2D eigenvalue weighted by molar-refractivity contribution is 0.103. The molecular formula is C19H26N4O2. The number of aromatic nitrogens is 2. The molecule has 0 amide bonds. The molecule has 1 fully saturated rings. The van der Waals surface area contributed by atoms with Crippen LogP contribution in [0.4, 0.5) is 5.82 Å². The molecular weight excluding hydrogens is 316 g/mol. The van der Waals surface area contributed by atoms with Crippen LogP contribution in [0.25, 0.3) is 0 Å². The molecule has 3 rings (SSSR count). The lowest BCUT2D eigenvalue weighted by Gasteiger charge is -2.34. The Balaban J connectivity index is 1.42. The Bertz CT molecular complexity index is 636. The number of hydrogen-bond acceptors (Lipinski definition) is 6. The highest BCUT2D eigenvalue weighted by molar-refractivity contribution is 5.38. The van der Waals surface area contributed by atoms with E-state index in [9.17, 15) is 5.11 Å². The van der Waals surface area contributed by atoms with Gasteiger partial charge < -0.3 is 20.1 Å². The number of benzene rings is 1. The van der Waals surface area contributed by atoms with Crippen molar-refractivity contribution in [3.8, 4) is 5.75 Å². The summed E-state index contributed by atoms with van der Waals surface area (Å²) < 4.78 is 5.59. The Morgan fingerprint density at radius 1 is 1.24 bits per heavy atom. The maximum Gasteiger partial charge on any atom is 0.151 e. The summed E-state index contributed by atoms with van der Waals surface area (Å²) in [6, 6.07) is 13.9. The third-order valence-electron chi connectivity index (χ3n) is 4.36. The number of nitrogens with zero attached hydrogens (tertiary/aromatic N) is 3. The van der Waals surface area contributed by atoms with Crippen LogP contribution in [0.1, 0.15) is 18.5 Å². The fraction of sp³-hybridized carbons (Fsp3) is 0.474. The maximum atomic E-state index is 10.1. The van der Waals surface area contributed by atoms with Crippen molar-refractivity contribution in [2.75, 3.05) is 31.1 Å². The van der Waals surface area contributed by atoms with Crippen LogP contribution in [-0.4, -0.2) is 53.7 Å². The standard InChI is InChI=1S/C19H26N4O2/c1-15-9-10-19(22-21-15)23-11-5-6-16(13-23)20-12-17(24)14-25-18-7-3-2-4-8-18/h2-4,7-10,16-17,20,24H,5-6,11-14H2,1H3. The Morgan fingerprint density at radius 3 is 2.84 bits per heavy atom. The number of piperidine rings is 1. The molecule has 2 heterocycles. The average molecular weight is 342 g/mol. The minimum Gasteiger partial charge on any atom is -0.491 e. The minimum atomic E-state index is -0.533. The summed E-state index contributed by atoms with van der Waals surface area (Å²) in [4.78, 5) is 2.25. The normalized spacial score (nSPS) is 18.8. The number of ether oxygens (including phenoxy) is 1. The average Bonchev–Trinajstić information content (AvgIpc) is 2.66. The van der Waals surface area contributed by atoms with Gasteiger partial charge in [-0.1, -0.05) is 18.2 Å². The van der Waals surface area contributed by atoms with Crippen LogP contribution in [0.5, 0.6) is 5.75 Å². The molecule has 2 unspecified atom stereocenters. The number of anilines is 1. The van der Waals surface area contributed by atoms with Crippen molar-refractivity contribution < 1.29 is 9.84 Å². The van der Waals surface area contributed by atoms with Crippen molar-refractivity contribution >= 4 is 5.82 Å². The van der Waals surface area contributed by atoms with E-state index in [1.165, 1.54) is 0 Å². The summed E-state index contributed by atoms with van der Waals surface area (Å²) in [5.41, 5.74) is 0.928. The van der Waals surface area contributed by atoms with Crippen molar-refractivity contribution in [2.24, 2.45) is 0 Å². The highest BCUT2D eigenvalue weighted by Crippen LogP contribution is 2.17. The Hall–Kier alpha value is -2.18.